The number of hydrogen-bond acceptors (Lipinski definition) is 7. The van der Waals surface area contributed by atoms with Crippen LogP contribution in [0.3, 0.4) is 0 Å². The van der Waals surface area contributed by atoms with Gasteiger partial charge < -0.3 is 24.3 Å². The van der Waals surface area contributed by atoms with Crippen LogP contribution in [0.5, 0.6) is 0 Å². The molecule has 1 N–H and O–H groups in total. The summed E-state index contributed by atoms with van der Waals surface area (Å²) >= 11 is 0. The molecule has 0 fully saturated rings. The molecule has 0 bridgehead atoms. The van der Waals surface area contributed by atoms with E-state index in [0.717, 1.165) is 0 Å². The summed E-state index contributed by atoms with van der Waals surface area (Å²) in [5.41, 5.74) is -0.717. The van der Waals surface area contributed by atoms with Crippen LogP contribution in [0.25, 0.3) is 0 Å². The van der Waals surface area contributed by atoms with Crippen LogP contribution in [-0.2, 0) is 28.5 Å². The van der Waals surface area contributed by atoms with Crippen LogP contribution in [0.2, 0.25) is 0 Å². The van der Waals surface area contributed by atoms with Crippen molar-refractivity contribution in [3.05, 3.63) is 0 Å². The maximum absolute atomic E-state index is 11.8. The first-order valence-corrected chi connectivity index (χ1v) is 7.41. The van der Waals surface area contributed by atoms with Gasteiger partial charge in [0.15, 0.2) is 6.10 Å². The van der Waals surface area contributed by atoms with Gasteiger partial charge in [-0.15, -0.1) is 0 Å². The molecular formula is C15H27NO7. The van der Waals surface area contributed by atoms with Crippen molar-refractivity contribution < 1.29 is 33.3 Å². The molecule has 8 nitrogen and oxygen atoms in total. The maximum atomic E-state index is 11.8. The van der Waals surface area contributed by atoms with E-state index in [1.807, 2.05) is 6.92 Å². The summed E-state index contributed by atoms with van der Waals surface area (Å²) in [7, 11) is 2.41. The zero-order valence-electron chi connectivity index (χ0n) is 14.6. The van der Waals surface area contributed by atoms with Gasteiger partial charge in [0.05, 0.1) is 14.2 Å². The number of hydrogen-bond donors (Lipinski definition) is 1. The third-order valence-electron chi connectivity index (χ3n) is 2.61. The molecule has 8 heteroatoms. The molecule has 1 amide bonds. The van der Waals surface area contributed by atoms with Gasteiger partial charge in [-0.05, 0) is 27.2 Å². The van der Waals surface area contributed by atoms with Crippen LogP contribution in [0.1, 0.15) is 40.5 Å². The van der Waals surface area contributed by atoms with Crippen LogP contribution in [0.4, 0.5) is 4.79 Å². The zero-order valence-corrected chi connectivity index (χ0v) is 14.6. The molecule has 2 atom stereocenters. The highest BCUT2D eigenvalue weighted by Gasteiger charge is 2.31. The number of rotatable bonds is 8. The number of carbonyl (C=O) groups is 3. The second kappa shape index (κ2) is 10.0. The van der Waals surface area contributed by atoms with Crippen molar-refractivity contribution in [3.63, 3.8) is 0 Å². The van der Waals surface area contributed by atoms with Gasteiger partial charge in [0.25, 0.3) is 0 Å². The number of ether oxygens (including phenoxy) is 4. The van der Waals surface area contributed by atoms with E-state index in [-0.39, 0.29) is 6.42 Å². The zero-order chi connectivity index (χ0) is 18.0. The lowest BCUT2D eigenvalue weighted by molar-refractivity contribution is -0.156. The Bertz CT molecular complexity index is 403. The highest BCUT2D eigenvalue weighted by molar-refractivity contribution is 5.83. The second-order valence-corrected chi connectivity index (χ2v) is 5.84. The smallest absolute Gasteiger partial charge is 0.408 e. The SMILES string of the molecule is CCCO[C@@H](CC(NC(=O)OC(C)(C)C)C(=O)OC)C(=O)OC. The highest BCUT2D eigenvalue weighted by atomic mass is 16.6. The Hall–Kier alpha value is -1.83. The number of nitrogens with one attached hydrogen (secondary N) is 1. The second-order valence-electron chi connectivity index (χ2n) is 5.84. The van der Waals surface area contributed by atoms with Crippen molar-refractivity contribution in [1.29, 1.82) is 0 Å². The van der Waals surface area contributed by atoms with Gasteiger partial charge in [0.1, 0.15) is 11.6 Å². The minimum Gasteiger partial charge on any atom is -0.467 e. The van der Waals surface area contributed by atoms with Crippen molar-refractivity contribution >= 4 is 18.0 Å². The molecule has 0 radical (unpaired) electrons. The molecule has 23 heavy (non-hydrogen) atoms. The van der Waals surface area contributed by atoms with Crippen molar-refractivity contribution in [3.8, 4) is 0 Å². The normalized spacial score (nSPS) is 13.7. The first-order chi connectivity index (χ1) is 10.6. The maximum Gasteiger partial charge on any atom is 0.408 e. The van der Waals surface area contributed by atoms with E-state index in [1.165, 1.54) is 14.2 Å². The Morgan fingerprint density at radius 3 is 2.04 bits per heavy atom. The fraction of sp³-hybridized carbons (Fsp3) is 0.800. The topological polar surface area (TPSA) is 100 Å². The summed E-state index contributed by atoms with van der Waals surface area (Å²) in [6, 6.07) is -1.09. The van der Waals surface area contributed by atoms with E-state index < -0.39 is 35.8 Å². The Morgan fingerprint density at radius 1 is 1.04 bits per heavy atom. The Labute approximate surface area is 136 Å². The van der Waals surface area contributed by atoms with E-state index >= 15 is 0 Å². The Morgan fingerprint density at radius 2 is 1.61 bits per heavy atom. The van der Waals surface area contributed by atoms with Crippen LogP contribution < -0.4 is 5.32 Å². The van der Waals surface area contributed by atoms with Gasteiger partial charge in [-0.3, -0.25) is 0 Å². The minimum atomic E-state index is -1.09. The van der Waals surface area contributed by atoms with Crippen LogP contribution in [-0.4, -0.2) is 56.6 Å². The molecule has 0 saturated carbocycles. The lowest BCUT2D eigenvalue weighted by atomic mass is 10.1. The molecular weight excluding hydrogens is 306 g/mol. The Balaban J connectivity index is 4.96. The van der Waals surface area contributed by atoms with Crippen LogP contribution in [0.15, 0.2) is 0 Å². The fourth-order valence-electron chi connectivity index (χ4n) is 1.64. The average Bonchev–Trinajstić information content (AvgIpc) is 2.46. The number of amides is 1. The van der Waals surface area contributed by atoms with Crippen molar-refractivity contribution in [2.75, 3.05) is 20.8 Å². The molecule has 0 aliphatic heterocycles. The molecule has 0 heterocycles. The summed E-state index contributed by atoms with van der Waals surface area (Å²) in [6.07, 6.45) is -1.19. The van der Waals surface area contributed by atoms with E-state index in [2.05, 4.69) is 14.8 Å². The first kappa shape index (κ1) is 21.2. The summed E-state index contributed by atoms with van der Waals surface area (Å²) in [4.78, 5) is 35.4. The number of carbonyl (C=O) groups excluding carboxylic acids is 3. The van der Waals surface area contributed by atoms with Crippen molar-refractivity contribution in [2.45, 2.75) is 58.3 Å². The monoisotopic (exact) mass is 333 g/mol. The summed E-state index contributed by atoms with van der Waals surface area (Å²) in [6.45, 7) is 7.29. The number of esters is 2. The van der Waals surface area contributed by atoms with Crippen LogP contribution in [0, 0.1) is 0 Å². The predicted molar refractivity (Wildman–Crippen MR) is 81.8 cm³/mol. The molecule has 0 spiro atoms. The van der Waals surface area contributed by atoms with Gasteiger partial charge in [-0.25, -0.2) is 14.4 Å². The minimum absolute atomic E-state index is 0.113. The van der Waals surface area contributed by atoms with E-state index in [1.54, 1.807) is 20.8 Å². The highest BCUT2D eigenvalue weighted by Crippen LogP contribution is 2.11. The first-order valence-electron chi connectivity index (χ1n) is 7.41. The van der Waals surface area contributed by atoms with E-state index in [4.69, 9.17) is 9.47 Å². The van der Waals surface area contributed by atoms with Crippen LogP contribution >= 0.6 is 0 Å². The van der Waals surface area contributed by atoms with Crippen molar-refractivity contribution in [2.24, 2.45) is 0 Å². The predicted octanol–water partition coefficient (Wildman–Crippen LogP) is 1.41. The standard InChI is InChI=1S/C15H27NO7/c1-7-8-22-11(13(18)21-6)9-10(12(17)20-5)16-14(19)23-15(2,3)4/h10-11H,7-9H2,1-6H3,(H,16,19)/t10?,11-/m0/s1. The van der Waals surface area contributed by atoms with E-state index in [0.29, 0.717) is 13.0 Å². The molecule has 0 aliphatic carbocycles. The number of alkyl carbamates (subject to hydrolysis) is 1. The third-order valence-corrected chi connectivity index (χ3v) is 2.61. The molecule has 0 aliphatic rings. The molecule has 1 unspecified atom stereocenters. The molecule has 0 rings (SSSR count). The summed E-state index contributed by atoms with van der Waals surface area (Å²) < 4.78 is 19.8. The summed E-state index contributed by atoms with van der Waals surface area (Å²) in [5, 5.41) is 2.39. The summed E-state index contributed by atoms with van der Waals surface area (Å²) in [5.74, 6) is -1.33. The van der Waals surface area contributed by atoms with Gasteiger partial charge in [-0.2, -0.15) is 0 Å². The lowest BCUT2D eigenvalue weighted by Crippen LogP contribution is -2.47. The van der Waals surface area contributed by atoms with Gasteiger partial charge in [-0.1, -0.05) is 6.92 Å². The van der Waals surface area contributed by atoms with Gasteiger partial charge in [0, 0.05) is 13.0 Å². The molecule has 0 aromatic carbocycles. The lowest BCUT2D eigenvalue weighted by Gasteiger charge is -2.24. The molecule has 134 valence electrons. The molecule has 0 saturated heterocycles. The third kappa shape index (κ3) is 9.02. The largest absolute Gasteiger partial charge is 0.467 e. The average molecular weight is 333 g/mol. The number of methoxy groups -OCH3 is 2. The van der Waals surface area contributed by atoms with E-state index in [9.17, 15) is 14.4 Å². The quantitative estimate of drug-likeness (QED) is 0.529. The fourth-order valence-corrected chi connectivity index (χ4v) is 1.64. The van der Waals surface area contributed by atoms with Gasteiger partial charge in [0.2, 0.25) is 0 Å². The van der Waals surface area contributed by atoms with Crippen molar-refractivity contribution in [1.82, 2.24) is 5.32 Å². The molecule has 0 aromatic rings. The van der Waals surface area contributed by atoms with Gasteiger partial charge >= 0.3 is 18.0 Å². The molecule has 0 aromatic heterocycles. The Kier molecular flexibility index (Phi) is 9.24.